The molecule has 0 aromatic heterocycles. The summed E-state index contributed by atoms with van der Waals surface area (Å²) in [4.78, 5) is 12.4. The molecule has 2 aromatic rings. The molecule has 0 spiro atoms. The van der Waals surface area contributed by atoms with Gasteiger partial charge in [0.05, 0.1) is 25.4 Å². The van der Waals surface area contributed by atoms with Gasteiger partial charge in [-0.3, -0.25) is 8.74 Å². The summed E-state index contributed by atoms with van der Waals surface area (Å²) in [7, 11) is 0. The number of benzene rings is 2. The second-order valence-corrected chi connectivity index (χ2v) is 7.78. The van der Waals surface area contributed by atoms with Crippen LogP contribution in [0.1, 0.15) is 24.0 Å². The van der Waals surface area contributed by atoms with Crippen LogP contribution in [0.25, 0.3) is 0 Å². The summed E-state index contributed by atoms with van der Waals surface area (Å²) in [6, 6.07) is 16.8. The molecule has 1 saturated heterocycles. The molecule has 2 aromatic carbocycles. The number of amides is 2. The highest BCUT2D eigenvalue weighted by molar-refractivity contribution is 7.74. The highest BCUT2D eigenvalue weighted by atomic mass is 32.2. The van der Waals surface area contributed by atoms with E-state index >= 15 is 0 Å². The Hall–Kier alpha value is -2.30. The molecule has 8 nitrogen and oxygen atoms in total. The fourth-order valence-electron chi connectivity index (χ4n) is 3.27. The third kappa shape index (κ3) is 7.51. The van der Waals surface area contributed by atoms with E-state index in [0.717, 1.165) is 11.1 Å². The molecule has 162 valence electrons. The average Bonchev–Trinajstić information content (AvgIpc) is 2.71. The van der Waals surface area contributed by atoms with Gasteiger partial charge in [-0.05, 0) is 30.2 Å². The molecule has 3 rings (SSSR count). The van der Waals surface area contributed by atoms with Gasteiger partial charge < -0.3 is 20.1 Å². The van der Waals surface area contributed by atoms with Crippen molar-refractivity contribution in [1.29, 1.82) is 0 Å². The van der Waals surface area contributed by atoms with E-state index in [-0.39, 0.29) is 12.7 Å². The van der Waals surface area contributed by atoms with E-state index in [0.29, 0.717) is 25.1 Å². The lowest BCUT2D eigenvalue weighted by Gasteiger charge is -2.35. The number of hydrogen-bond donors (Lipinski definition) is 3. The molecule has 4 unspecified atom stereocenters. The van der Waals surface area contributed by atoms with E-state index in [1.807, 2.05) is 55.5 Å². The second-order valence-electron chi connectivity index (χ2n) is 7.11. The number of hydrogen-bond acceptors (Lipinski definition) is 5. The van der Waals surface area contributed by atoms with E-state index in [4.69, 9.17) is 18.2 Å². The maximum Gasteiger partial charge on any atom is 0.321 e. The number of carbonyl (C=O) groups excluding carboxylic acids is 1. The molecule has 1 heterocycles. The topological polar surface area (TPSA) is 106 Å². The van der Waals surface area contributed by atoms with E-state index < -0.39 is 29.7 Å². The maximum atomic E-state index is 12.4. The number of carbonyl (C=O) groups is 1. The molecular weight excluding hydrogens is 408 g/mol. The van der Waals surface area contributed by atoms with Crippen molar-refractivity contribution in [3.05, 3.63) is 65.7 Å². The van der Waals surface area contributed by atoms with E-state index in [9.17, 15) is 9.00 Å². The Balaban J connectivity index is 1.57. The first-order valence-electron chi connectivity index (χ1n) is 9.67. The summed E-state index contributed by atoms with van der Waals surface area (Å²) >= 11 is -2.38. The minimum atomic E-state index is -2.38. The third-order valence-corrected chi connectivity index (χ3v) is 4.95. The molecule has 2 amide bonds. The van der Waals surface area contributed by atoms with Gasteiger partial charge in [-0.25, -0.2) is 4.79 Å². The number of anilines is 1. The largest absolute Gasteiger partial charge is 0.373 e. The number of ether oxygens (including phenoxy) is 2. The quantitative estimate of drug-likeness (QED) is 0.550. The van der Waals surface area contributed by atoms with Crippen molar-refractivity contribution < 1.29 is 27.2 Å². The van der Waals surface area contributed by atoms with Crippen LogP contribution in [0, 0.1) is 6.92 Å². The molecule has 3 N–H and O–H groups in total. The second kappa shape index (κ2) is 11.2. The Morgan fingerprint density at radius 2 is 2.00 bits per heavy atom. The molecule has 30 heavy (non-hydrogen) atoms. The van der Waals surface area contributed by atoms with Gasteiger partial charge in [0.2, 0.25) is 0 Å². The molecule has 1 fully saturated rings. The zero-order valence-corrected chi connectivity index (χ0v) is 17.5. The van der Waals surface area contributed by atoms with Crippen LogP contribution >= 0.6 is 0 Å². The number of urea groups is 1. The number of nitrogens with one attached hydrogen (secondary N) is 2. The van der Waals surface area contributed by atoms with Gasteiger partial charge in [0.25, 0.3) is 0 Å². The van der Waals surface area contributed by atoms with Crippen LogP contribution in [0.2, 0.25) is 0 Å². The molecule has 1 aliphatic rings. The number of rotatable bonds is 8. The number of aryl methyl sites for hydroxylation is 1. The summed E-state index contributed by atoms with van der Waals surface area (Å²) in [6.45, 7) is 2.29. The molecular formula is C21H26N2O6S. The van der Waals surface area contributed by atoms with Crippen molar-refractivity contribution >= 4 is 23.1 Å². The summed E-state index contributed by atoms with van der Waals surface area (Å²) in [5, 5.41) is 5.56. The predicted octanol–water partition coefficient (Wildman–Crippen LogP) is 3.36. The Kier molecular flexibility index (Phi) is 8.35. The Morgan fingerprint density at radius 1 is 1.20 bits per heavy atom. The van der Waals surface area contributed by atoms with Gasteiger partial charge in [0, 0.05) is 18.5 Å². The fourth-order valence-corrected chi connectivity index (χ4v) is 3.53. The minimum absolute atomic E-state index is 0.0774. The minimum Gasteiger partial charge on any atom is -0.373 e. The monoisotopic (exact) mass is 434 g/mol. The van der Waals surface area contributed by atoms with Gasteiger partial charge in [0.15, 0.2) is 0 Å². The lowest BCUT2D eigenvalue weighted by atomic mass is 10.0. The van der Waals surface area contributed by atoms with Crippen molar-refractivity contribution in [2.45, 2.75) is 44.8 Å². The lowest BCUT2D eigenvalue weighted by Crippen LogP contribution is -2.49. The van der Waals surface area contributed by atoms with Gasteiger partial charge in [0.1, 0.15) is 6.23 Å². The van der Waals surface area contributed by atoms with Crippen LogP contribution in [0.4, 0.5) is 10.5 Å². The average molecular weight is 435 g/mol. The van der Waals surface area contributed by atoms with Crippen molar-refractivity contribution in [1.82, 2.24) is 5.32 Å². The van der Waals surface area contributed by atoms with Gasteiger partial charge in [-0.2, -0.15) is 4.21 Å². The molecule has 0 saturated carbocycles. The summed E-state index contributed by atoms with van der Waals surface area (Å²) in [6.07, 6.45) is -0.372. The van der Waals surface area contributed by atoms with Gasteiger partial charge >= 0.3 is 17.4 Å². The smallest absolute Gasteiger partial charge is 0.321 e. The summed E-state index contributed by atoms with van der Waals surface area (Å²) < 4.78 is 36.3. The van der Waals surface area contributed by atoms with Crippen LogP contribution in [0.3, 0.4) is 0 Å². The Morgan fingerprint density at radius 3 is 2.73 bits per heavy atom. The fraction of sp³-hybridized carbons (Fsp3) is 0.381. The predicted molar refractivity (Wildman–Crippen MR) is 113 cm³/mol. The first kappa shape index (κ1) is 22.4. The zero-order chi connectivity index (χ0) is 21.3. The van der Waals surface area contributed by atoms with Crippen molar-refractivity contribution in [3.63, 3.8) is 0 Å². The summed E-state index contributed by atoms with van der Waals surface area (Å²) in [5.74, 6) is 0. The Labute approximate surface area is 178 Å². The molecule has 0 bridgehead atoms. The SMILES string of the molecule is Cc1cccc(NC(=O)NC2CC(OCc3ccccc3)CC(COS(=O)O)O2)c1. The third-order valence-electron chi connectivity index (χ3n) is 4.61. The van der Waals surface area contributed by atoms with Crippen LogP contribution in [0.15, 0.2) is 54.6 Å². The molecule has 1 aliphatic heterocycles. The highest BCUT2D eigenvalue weighted by Crippen LogP contribution is 2.23. The Bertz CT molecular complexity index is 850. The van der Waals surface area contributed by atoms with E-state index in [2.05, 4.69) is 10.6 Å². The molecule has 0 radical (unpaired) electrons. The summed E-state index contributed by atoms with van der Waals surface area (Å²) in [5.41, 5.74) is 2.75. The van der Waals surface area contributed by atoms with Crippen LogP contribution in [-0.2, 0) is 31.6 Å². The first-order chi connectivity index (χ1) is 14.5. The zero-order valence-electron chi connectivity index (χ0n) is 16.7. The normalized spacial score (nSPS) is 22.3. The van der Waals surface area contributed by atoms with Crippen LogP contribution < -0.4 is 10.6 Å². The van der Waals surface area contributed by atoms with Crippen LogP contribution in [-0.4, -0.2) is 39.8 Å². The van der Waals surface area contributed by atoms with Crippen molar-refractivity contribution in [2.75, 3.05) is 11.9 Å². The van der Waals surface area contributed by atoms with E-state index in [1.54, 1.807) is 6.07 Å². The first-order valence-corrected chi connectivity index (χ1v) is 10.7. The van der Waals surface area contributed by atoms with E-state index in [1.165, 1.54) is 0 Å². The van der Waals surface area contributed by atoms with Gasteiger partial charge in [-0.15, -0.1) is 0 Å². The lowest BCUT2D eigenvalue weighted by molar-refractivity contribution is -0.133. The molecule has 9 heteroatoms. The van der Waals surface area contributed by atoms with Crippen molar-refractivity contribution in [2.24, 2.45) is 0 Å². The van der Waals surface area contributed by atoms with Gasteiger partial charge in [-0.1, -0.05) is 42.5 Å². The van der Waals surface area contributed by atoms with Crippen LogP contribution in [0.5, 0.6) is 0 Å². The standard InChI is InChI=1S/C21H26N2O6S/c1-15-6-5-9-17(10-15)22-21(24)23-20-12-18(11-19(29-20)14-28-30(25)26)27-13-16-7-3-2-4-8-16/h2-10,18-20H,11-14H2,1H3,(H,25,26)(H2,22,23,24). The molecule has 4 atom stereocenters. The molecule has 0 aliphatic carbocycles. The maximum absolute atomic E-state index is 12.4. The van der Waals surface area contributed by atoms with Crippen molar-refractivity contribution in [3.8, 4) is 0 Å². The highest BCUT2D eigenvalue weighted by Gasteiger charge is 2.31.